The molecule has 2 aromatic rings. The molecule has 0 aromatic heterocycles. The fourth-order valence-electron chi connectivity index (χ4n) is 1.86. The highest BCUT2D eigenvalue weighted by atomic mass is 32.2. The maximum absolute atomic E-state index is 12.9. The van der Waals surface area contributed by atoms with E-state index in [-0.39, 0.29) is 16.3 Å². The molecule has 0 aliphatic carbocycles. The lowest BCUT2D eigenvalue weighted by Crippen LogP contribution is -2.29. The number of rotatable bonds is 5. The molecule has 0 spiro atoms. The van der Waals surface area contributed by atoms with E-state index in [9.17, 15) is 30.8 Å². The van der Waals surface area contributed by atoms with Crippen molar-refractivity contribution in [1.29, 1.82) is 0 Å². The number of alkyl halides is 3. The Morgan fingerprint density at radius 1 is 1.00 bits per heavy atom. The number of nitrogens with one attached hydrogen (secondary N) is 2. The molecule has 0 saturated carbocycles. The van der Waals surface area contributed by atoms with Gasteiger partial charge in [0.2, 0.25) is 0 Å². The van der Waals surface area contributed by atoms with Gasteiger partial charge in [0.15, 0.2) is 0 Å². The third kappa shape index (κ3) is 5.51. The first kappa shape index (κ1) is 20.4. The van der Waals surface area contributed by atoms with Gasteiger partial charge in [-0.1, -0.05) is 12.1 Å². The molecule has 0 aliphatic heterocycles. The van der Waals surface area contributed by atoms with Gasteiger partial charge in [-0.2, -0.15) is 31.5 Å². The Morgan fingerprint density at radius 3 is 2.07 bits per heavy atom. The van der Waals surface area contributed by atoms with Crippen molar-refractivity contribution in [1.82, 2.24) is 4.83 Å². The molecule has 2 rings (SSSR count). The SMILES string of the molecule is CC(=NNS(=O)(=O)c1ccc(F)cc1)c1ccc(NC(=O)C(F)(F)F)cc1. The largest absolute Gasteiger partial charge is 0.471 e. The minimum atomic E-state index is -5.01. The number of hydrogen-bond donors (Lipinski definition) is 2. The van der Waals surface area contributed by atoms with Gasteiger partial charge in [0.25, 0.3) is 10.0 Å². The Bertz CT molecular complexity index is 954. The van der Waals surface area contributed by atoms with E-state index < -0.39 is 27.9 Å². The molecule has 1 amide bonds. The Morgan fingerprint density at radius 2 is 1.56 bits per heavy atom. The van der Waals surface area contributed by atoms with Gasteiger partial charge in [-0.05, 0) is 48.9 Å². The van der Waals surface area contributed by atoms with E-state index >= 15 is 0 Å². The maximum atomic E-state index is 12.9. The third-order valence-corrected chi connectivity index (χ3v) is 4.50. The second kappa shape index (κ2) is 7.74. The van der Waals surface area contributed by atoms with E-state index in [1.54, 1.807) is 5.32 Å². The third-order valence-electron chi connectivity index (χ3n) is 3.28. The Hall–Kier alpha value is -2.95. The molecule has 0 unspecified atom stereocenters. The van der Waals surface area contributed by atoms with Crippen LogP contribution < -0.4 is 10.1 Å². The van der Waals surface area contributed by atoms with E-state index in [0.29, 0.717) is 5.56 Å². The predicted octanol–water partition coefficient (Wildman–Crippen LogP) is 3.03. The van der Waals surface area contributed by atoms with Crippen molar-refractivity contribution in [3.63, 3.8) is 0 Å². The summed E-state index contributed by atoms with van der Waals surface area (Å²) in [6.45, 7) is 1.47. The number of carbonyl (C=O) groups is 1. The number of amides is 1. The zero-order valence-corrected chi connectivity index (χ0v) is 14.5. The number of hydrazone groups is 1. The number of sulfonamides is 1. The van der Waals surface area contributed by atoms with Gasteiger partial charge in [-0.3, -0.25) is 4.79 Å². The van der Waals surface area contributed by atoms with Crippen LogP contribution in [-0.2, 0) is 14.8 Å². The van der Waals surface area contributed by atoms with Crippen molar-refractivity contribution in [2.45, 2.75) is 18.0 Å². The number of halogens is 4. The van der Waals surface area contributed by atoms with Crippen molar-refractivity contribution in [2.75, 3.05) is 5.32 Å². The van der Waals surface area contributed by atoms with E-state index in [0.717, 1.165) is 24.3 Å². The zero-order chi connectivity index (χ0) is 20.2. The highest BCUT2D eigenvalue weighted by Crippen LogP contribution is 2.18. The lowest BCUT2D eigenvalue weighted by atomic mass is 10.1. The van der Waals surface area contributed by atoms with Gasteiger partial charge in [-0.15, -0.1) is 0 Å². The van der Waals surface area contributed by atoms with Gasteiger partial charge < -0.3 is 5.32 Å². The van der Waals surface area contributed by atoms with Crippen LogP contribution in [-0.4, -0.2) is 26.2 Å². The van der Waals surface area contributed by atoms with Crippen LogP contribution in [0.5, 0.6) is 0 Å². The Kier molecular flexibility index (Phi) is 5.84. The minimum Gasteiger partial charge on any atom is -0.318 e. The number of anilines is 1. The van der Waals surface area contributed by atoms with Crippen LogP contribution in [0, 0.1) is 5.82 Å². The van der Waals surface area contributed by atoms with E-state index in [4.69, 9.17) is 0 Å². The number of nitrogens with zero attached hydrogens (tertiary/aromatic N) is 1. The quantitative estimate of drug-likeness (QED) is 0.457. The molecule has 27 heavy (non-hydrogen) atoms. The predicted molar refractivity (Wildman–Crippen MR) is 90.1 cm³/mol. The summed E-state index contributed by atoms with van der Waals surface area (Å²) in [6.07, 6.45) is -5.01. The lowest BCUT2D eigenvalue weighted by Gasteiger charge is -2.09. The summed E-state index contributed by atoms with van der Waals surface area (Å²) in [7, 11) is -4.01. The van der Waals surface area contributed by atoms with Crippen molar-refractivity contribution in [2.24, 2.45) is 5.10 Å². The molecule has 0 fully saturated rings. The molecule has 0 bridgehead atoms. The van der Waals surface area contributed by atoms with Crippen LogP contribution in [0.25, 0.3) is 0 Å². The highest BCUT2D eigenvalue weighted by molar-refractivity contribution is 7.89. The Labute approximate surface area is 151 Å². The summed E-state index contributed by atoms with van der Waals surface area (Å²) in [4.78, 5) is 12.7. The van der Waals surface area contributed by atoms with Crippen LogP contribution in [0.3, 0.4) is 0 Å². The lowest BCUT2D eigenvalue weighted by molar-refractivity contribution is -0.167. The molecule has 0 saturated heterocycles. The fourth-order valence-corrected chi connectivity index (χ4v) is 2.71. The van der Waals surface area contributed by atoms with Crippen LogP contribution in [0.2, 0.25) is 0 Å². The van der Waals surface area contributed by atoms with Crippen molar-refractivity contribution in [3.05, 3.63) is 59.9 Å². The first-order chi connectivity index (χ1) is 12.5. The summed E-state index contributed by atoms with van der Waals surface area (Å²) in [5.41, 5.74) is 0.539. The van der Waals surface area contributed by atoms with Crippen LogP contribution in [0.4, 0.5) is 23.2 Å². The van der Waals surface area contributed by atoms with Crippen LogP contribution in [0.15, 0.2) is 58.5 Å². The summed E-state index contributed by atoms with van der Waals surface area (Å²) < 4.78 is 73.6. The minimum absolute atomic E-state index is 0.0826. The normalized spacial score (nSPS) is 12.6. The molecule has 0 atom stereocenters. The number of benzene rings is 2. The summed E-state index contributed by atoms with van der Waals surface area (Å²) in [5.74, 6) is -2.70. The zero-order valence-electron chi connectivity index (χ0n) is 13.7. The molecule has 2 N–H and O–H groups in total. The Balaban J connectivity index is 2.09. The second-order valence-corrected chi connectivity index (χ2v) is 6.94. The average Bonchev–Trinajstić information content (AvgIpc) is 2.60. The molecule has 144 valence electrons. The standard InChI is InChI=1S/C16H13F4N3O3S/c1-10(22-23-27(25,26)14-8-4-12(17)5-9-14)11-2-6-13(7-3-11)21-15(24)16(18,19)20/h2-9,23H,1H3,(H,21,24). The van der Waals surface area contributed by atoms with Gasteiger partial charge >= 0.3 is 12.1 Å². The summed E-state index contributed by atoms with van der Waals surface area (Å²) in [6, 6.07) is 9.26. The molecule has 11 heteroatoms. The smallest absolute Gasteiger partial charge is 0.318 e. The molecule has 2 aromatic carbocycles. The molecule has 0 radical (unpaired) electrons. The first-order valence-corrected chi connectivity index (χ1v) is 8.77. The maximum Gasteiger partial charge on any atom is 0.471 e. The van der Waals surface area contributed by atoms with E-state index in [1.165, 1.54) is 31.2 Å². The highest BCUT2D eigenvalue weighted by Gasteiger charge is 2.38. The average molecular weight is 403 g/mol. The van der Waals surface area contributed by atoms with Crippen LogP contribution in [0.1, 0.15) is 12.5 Å². The number of carbonyl (C=O) groups excluding carboxylic acids is 1. The van der Waals surface area contributed by atoms with Gasteiger partial charge in [0.05, 0.1) is 10.6 Å². The number of hydrogen-bond acceptors (Lipinski definition) is 4. The molecular formula is C16H13F4N3O3S. The summed E-state index contributed by atoms with van der Waals surface area (Å²) in [5, 5.41) is 5.40. The molecule has 6 nitrogen and oxygen atoms in total. The van der Waals surface area contributed by atoms with Gasteiger partial charge in [0.1, 0.15) is 5.82 Å². The molecular weight excluding hydrogens is 390 g/mol. The molecule has 0 aliphatic rings. The first-order valence-electron chi connectivity index (χ1n) is 7.29. The van der Waals surface area contributed by atoms with Crippen molar-refractivity contribution >= 4 is 27.3 Å². The molecule has 0 heterocycles. The van der Waals surface area contributed by atoms with Crippen molar-refractivity contribution in [3.8, 4) is 0 Å². The topological polar surface area (TPSA) is 87.6 Å². The second-order valence-electron chi connectivity index (χ2n) is 5.28. The van der Waals surface area contributed by atoms with Gasteiger partial charge in [0, 0.05) is 5.69 Å². The monoisotopic (exact) mass is 403 g/mol. The fraction of sp³-hybridized carbons (Fsp3) is 0.125. The van der Waals surface area contributed by atoms with E-state index in [1.807, 2.05) is 4.83 Å². The van der Waals surface area contributed by atoms with E-state index in [2.05, 4.69) is 5.10 Å². The van der Waals surface area contributed by atoms with Gasteiger partial charge in [-0.25, -0.2) is 4.39 Å². The van der Waals surface area contributed by atoms with Crippen molar-refractivity contribution < 1.29 is 30.8 Å². The summed E-state index contributed by atoms with van der Waals surface area (Å²) >= 11 is 0. The van der Waals surface area contributed by atoms with Crippen LogP contribution >= 0.6 is 0 Å².